The first-order valence-electron chi connectivity index (χ1n) is 7.23. The van der Waals surface area contributed by atoms with Crippen LogP contribution >= 0.6 is 11.3 Å². The van der Waals surface area contributed by atoms with Gasteiger partial charge in [-0.1, -0.05) is 19.3 Å². The summed E-state index contributed by atoms with van der Waals surface area (Å²) in [6.45, 7) is 0. The second kappa shape index (κ2) is 7.99. The van der Waals surface area contributed by atoms with Gasteiger partial charge in [0.05, 0.1) is 0 Å². The van der Waals surface area contributed by atoms with Crippen LogP contribution in [-0.4, -0.2) is 22.8 Å². The second-order valence-corrected chi connectivity index (χ2v) is 6.04. The normalized spacial score (nSPS) is 15.8. The van der Waals surface area contributed by atoms with Gasteiger partial charge in [0.1, 0.15) is 0 Å². The molecule has 1 saturated carbocycles. The predicted molar refractivity (Wildman–Crippen MR) is 79.6 cm³/mol. The van der Waals surface area contributed by atoms with Gasteiger partial charge in [-0.05, 0) is 19.3 Å². The van der Waals surface area contributed by atoms with Gasteiger partial charge in [0, 0.05) is 30.5 Å². The van der Waals surface area contributed by atoms with Crippen LogP contribution in [0.15, 0.2) is 11.6 Å². The number of hydrogen-bond acceptors (Lipinski definition) is 4. The molecule has 2 amide bonds. The van der Waals surface area contributed by atoms with Gasteiger partial charge in [0.15, 0.2) is 5.13 Å². The van der Waals surface area contributed by atoms with Crippen molar-refractivity contribution in [3.8, 4) is 0 Å². The van der Waals surface area contributed by atoms with E-state index in [4.69, 9.17) is 0 Å². The van der Waals surface area contributed by atoms with E-state index < -0.39 is 0 Å². The summed E-state index contributed by atoms with van der Waals surface area (Å²) >= 11 is 1.39. The molecule has 0 aromatic carbocycles. The van der Waals surface area contributed by atoms with E-state index in [2.05, 4.69) is 15.6 Å². The van der Waals surface area contributed by atoms with E-state index in [9.17, 15) is 9.59 Å². The quantitative estimate of drug-likeness (QED) is 0.847. The second-order valence-electron chi connectivity index (χ2n) is 5.14. The van der Waals surface area contributed by atoms with Crippen LogP contribution < -0.4 is 10.6 Å². The Morgan fingerprint density at radius 3 is 2.65 bits per heavy atom. The van der Waals surface area contributed by atoms with Crippen molar-refractivity contribution >= 4 is 28.3 Å². The molecule has 1 aromatic heterocycles. The molecule has 1 heterocycles. The molecule has 1 fully saturated rings. The summed E-state index contributed by atoms with van der Waals surface area (Å²) in [7, 11) is 0. The molecular formula is C14H21N3O2S. The summed E-state index contributed by atoms with van der Waals surface area (Å²) in [5.41, 5.74) is 0. The Morgan fingerprint density at radius 2 is 1.95 bits per heavy atom. The minimum atomic E-state index is -0.0783. The minimum absolute atomic E-state index is 0.0685. The number of carbonyl (C=O) groups excluding carboxylic acids is 2. The first kappa shape index (κ1) is 15.0. The van der Waals surface area contributed by atoms with Crippen LogP contribution in [0.1, 0.15) is 51.4 Å². The lowest BCUT2D eigenvalue weighted by Gasteiger charge is -2.22. The molecule has 0 atom stereocenters. The average molecular weight is 295 g/mol. The first-order chi connectivity index (χ1) is 9.74. The fourth-order valence-corrected chi connectivity index (χ4v) is 2.97. The van der Waals surface area contributed by atoms with Crippen LogP contribution in [0.4, 0.5) is 5.13 Å². The molecular weight excluding hydrogens is 274 g/mol. The van der Waals surface area contributed by atoms with Crippen LogP contribution in [0.2, 0.25) is 0 Å². The smallest absolute Gasteiger partial charge is 0.226 e. The molecule has 1 aromatic rings. The SMILES string of the molecule is O=C(CCCC(=O)NC1CCCCC1)Nc1nccs1. The fraction of sp³-hybridized carbons (Fsp3) is 0.643. The molecule has 0 bridgehead atoms. The molecule has 0 spiro atoms. The number of carbonyl (C=O) groups is 2. The predicted octanol–water partition coefficient (Wildman–Crippen LogP) is 2.70. The molecule has 0 unspecified atom stereocenters. The third-order valence-corrected chi connectivity index (χ3v) is 4.15. The number of hydrogen-bond donors (Lipinski definition) is 2. The van der Waals surface area contributed by atoms with Gasteiger partial charge in [0.2, 0.25) is 11.8 Å². The van der Waals surface area contributed by atoms with E-state index in [0.29, 0.717) is 30.4 Å². The Kier molecular flexibility index (Phi) is 5.98. The molecule has 110 valence electrons. The summed E-state index contributed by atoms with van der Waals surface area (Å²) in [4.78, 5) is 27.3. The summed E-state index contributed by atoms with van der Waals surface area (Å²) in [6, 6.07) is 0.348. The zero-order chi connectivity index (χ0) is 14.2. The molecule has 5 nitrogen and oxygen atoms in total. The topological polar surface area (TPSA) is 71.1 Å². The number of rotatable bonds is 6. The maximum atomic E-state index is 11.8. The van der Waals surface area contributed by atoms with Crippen molar-refractivity contribution in [2.75, 3.05) is 5.32 Å². The Labute approximate surface area is 123 Å². The summed E-state index contributed by atoms with van der Waals surface area (Å²) in [5.74, 6) is -0.00985. The van der Waals surface area contributed by atoms with E-state index in [0.717, 1.165) is 12.8 Å². The first-order valence-corrected chi connectivity index (χ1v) is 8.11. The maximum Gasteiger partial charge on any atom is 0.226 e. The largest absolute Gasteiger partial charge is 0.353 e. The number of anilines is 1. The summed E-state index contributed by atoms with van der Waals surface area (Å²) < 4.78 is 0. The Bertz CT molecular complexity index is 428. The molecule has 2 rings (SSSR count). The van der Waals surface area contributed by atoms with Crippen molar-refractivity contribution in [2.45, 2.75) is 57.4 Å². The van der Waals surface area contributed by atoms with Crippen LogP contribution in [0.25, 0.3) is 0 Å². The molecule has 0 saturated heterocycles. The van der Waals surface area contributed by atoms with Crippen LogP contribution in [0.3, 0.4) is 0 Å². The van der Waals surface area contributed by atoms with E-state index in [1.165, 1.54) is 30.6 Å². The van der Waals surface area contributed by atoms with Crippen molar-refractivity contribution in [1.82, 2.24) is 10.3 Å². The van der Waals surface area contributed by atoms with Gasteiger partial charge >= 0.3 is 0 Å². The van der Waals surface area contributed by atoms with Gasteiger partial charge in [-0.3, -0.25) is 9.59 Å². The summed E-state index contributed by atoms with van der Waals surface area (Å²) in [6.07, 6.45) is 8.89. The Hall–Kier alpha value is -1.43. The van der Waals surface area contributed by atoms with Gasteiger partial charge in [0.25, 0.3) is 0 Å². The lowest BCUT2D eigenvalue weighted by atomic mass is 9.95. The zero-order valence-corrected chi connectivity index (χ0v) is 12.4. The minimum Gasteiger partial charge on any atom is -0.353 e. The molecule has 2 N–H and O–H groups in total. The summed E-state index contributed by atoms with van der Waals surface area (Å²) in [5, 5.41) is 8.20. The average Bonchev–Trinajstić information content (AvgIpc) is 2.92. The molecule has 1 aliphatic rings. The van der Waals surface area contributed by atoms with Crippen molar-refractivity contribution in [1.29, 1.82) is 0 Å². The fourth-order valence-electron chi connectivity index (χ4n) is 2.42. The number of amides is 2. The van der Waals surface area contributed by atoms with E-state index in [1.54, 1.807) is 6.20 Å². The lowest BCUT2D eigenvalue weighted by Crippen LogP contribution is -2.36. The highest BCUT2D eigenvalue weighted by Crippen LogP contribution is 2.17. The third-order valence-electron chi connectivity index (χ3n) is 3.46. The van der Waals surface area contributed by atoms with Crippen LogP contribution in [0, 0.1) is 0 Å². The number of aromatic nitrogens is 1. The lowest BCUT2D eigenvalue weighted by molar-refractivity contribution is -0.122. The highest BCUT2D eigenvalue weighted by Gasteiger charge is 2.15. The number of nitrogens with zero attached hydrogens (tertiary/aromatic N) is 1. The van der Waals surface area contributed by atoms with Gasteiger partial charge < -0.3 is 10.6 Å². The van der Waals surface area contributed by atoms with Gasteiger partial charge in [-0.25, -0.2) is 4.98 Å². The van der Waals surface area contributed by atoms with Crippen molar-refractivity contribution in [2.24, 2.45) is 0 Å². The van der Waals surface area contributed by atoms with Gasteiger partial charge in [-0.15, -0.1) is 11.3 Å². The monoisotopic (exact) mass is 295 g/mol. The molecule has 0 radical (unpaired) electrons. The highest BCUT2D eigenvalue weighted by atomic mass is 32.1. The van der Waals surface area contributed by atoms with Crippen molar-refractivity contribution in [3.63, 3.8) is 0 Å². The molecule has 6 heteroatoms. The molecule has 0 aliphatic heterocycles. The van der Waals surface area contributed by atoms with E-state index in [1.807, 2.05) is 5.38 Å². The van der Waals surface area contributed by atoms with E-state index in [-0.39, 0.29) is 11.8 Å². The maximum absolute atomic E-state index is 11.8. The third kappa shape index (κ3) is 5.28. The zero-order valence-electron chi connectivity index (χ0n) is 11.6. The van der Waals surface area contributed by atoms with Crippen molar-refractivity contribution < 1.29 is 9.59 Å². The standard InChI is InChI=1S/C14H21N3O2S/c18-12(16-11-5-2-1-3-6-11)7-4-8-13(19)17-14-15-9-10-20-14/h9-11H,1-8H2,(H,16,18)(H,15,17,19). The van der Waals surface area contributed by atoms with Crippen LogP contribution in [0.5, 0.6) is 0 Å². The Balaban J connectivity index is 1.57. The highest BCUT2D eigenvalue weighted by molar-refractivity contribution is 7.13. The van der Waals surface area contributed by atoms with Crippen molar-refractivity contribution in [3.05, 3.63) is 11.6 Å². The Morgan fingerprint density at radius 1 is 1.20 bits per heavy atom. The number of thiazole rings is 1. The van der Waals surface area contributed by atoms with Crippen LogP contribution in [-0.2, 0) is 9.59 Å². The molecule has 1 aliphatic carbocycles. The number of nitrogens with one attached hydrogen (secondary N) is 2. The van der Waals surface area contributed by atoms with Gasteiger partial charge in [-0.2, -0.15) is 0 Å². The molecule has 20 heavy (non-hydrogen) atoms. The van der Waals surface area contributed by atoms with E-state index >= 15 is 0 Å².